The van der Waals surface area contributed by atoms with E-state index < -0.39 is 0 Å². The van der Waals surface area contributed by atoms with Gasteiger partial charge in [0.2, 0.25) is 5.91 Å². The van der Waals surface area contributed by atoms with E-state index >= 15 is 0 Å². The molecule has 0 atom stereocenters. The lowest BCUT2D eigenvalue weighted by atomic mass is 9.64. The lowest BCUT2D eigenvalue weighted by Crippen LogP contribution is -2.48. The van der Waals surface area contributed by atoms with Gasteiger partial charge in [-0.15, -0.1) is 0 Å². The number of aliphatic imine (C=N–C) groups is 1. The Kier molecular flexibility index (Phi) is 6.09. The molecule has 0 aliphatic heterocycles. The Morgan fingerprint density at radius 3 is 2.36 bits per heavy atom. The summed E-state index contributed by atoms with van der Waals surface area (Å²) in [6.45, 7) is 6.98. The summed E-state index contributed by atoms with van der Waals surface area (Å²) in [5.41, 5.74) is 0.464. The number of guanidine groups is 1. The summed E-state index contributed by atoms with van der Waals surface area (Å²) >= 11 is 0. The van der Waals surface area contributed by atoms with Crippen molar-refractivity contribution in [2.24, 2.45) is 22.2 Å². The second-order valence-electron chi connectivity index (χ2n) is 7.37. The zero-order valence-electron chi connectivity index (χ0n) is 14.4. The Hall–Kier alpha value is -1.26. The Morgan fingerprint density at radius 2 is 1.86 bits per heavy atom. The lowest BCUT2D eigenvalue weighted by Gasteiger charge is -2.43. The molecule has 3 N–H and O–H groups in total. The first kappa shape index (κ1) is 17.1. The fourth-order valence-electron chi connectivity index (χ4n) is 3.34. The van der Waals surface area contributed by atoms with Crippen LogP contribution in [-0.4, -0.2) is 38.5 Å². The molecule has 0 saturated heterocycles. The van der Waals surface area contributed by atoms with Gasteiger partial charge < -0.3 is 16.0 Å². The number of carbonyl (C=O) groups excluding carboxylic acids is 1. The van der Waals surface area contributed by atoms with Crippen LogP contribution in [0, 0.1) is 17.3 Å². The first-order valence-corrected chi connectivity index (χ1v) is 8.77. The molecule has 0 heterocycles. The van der Waals surface area contributed by atoms with Crippen LogP contribution in [0.4, 0.5) is 0 Å². The number of nitrogens with one attached hydrogen (secondary N) is 3. The third kappa shape index (κ3) is 5.18. The van der Waals surface area contributed by atoms with E-state index in [1.54, 1.807) is 7.05 Å². The van der Waals surface area contributed by atoms with E-state index in [1.807, 2.05) is 0 Å². The van der Waals surface area contributed by atoms with Gasteiger partial charge in [-0.05, 0) is 43.4 Å². The van der Waals surface area contributed by atoms with Crippen LogP contribution in [0.3, 0.4) is 0 Å². The van der Waals surface area contributed by atoms with Gasteiger partial charge in [0.05, 0.1) is 0 Å². The van der Waals surface area contributed by atoms with Gasteiger partial charge in [-0.25, -0.2) is 0 Å². The maximum Gasteiger partial charge on any atom is 0.223 e. The van der Waals surface area contributed by atoms with E-state index in [2.05, 4.69) is 34.8 Å². The molecule has 2 aliphatic carbocycles. The summed E-state index contributed by atoms with van der Waals surface area (Å²) in [7, 11) is 1.80. The third-order valence-corrected chi connectivity index (χ3v) is 4.77. The van der Waals surface area contributed by atoms with Gasteiger partial charge >= 0.3 is 0 Å². The van der Waals surface area contributed by atoms with Crippen molar-refractivity contribution in [1.29, 1.82) is 0 Å². The zero-order valence-corrected chi connectivity index (χ0v) is 14.4. The minimum atomic E-state index is 0.204. The molecular weight excluding hydrogens is 276 g/mol. The molecule has 126 valence electrons. The summed E-state index contributed by atoms with van der Waals surface area (Å²) in [5.74, 6) is 2.08. The highest BCUT2D eigenvalue weighted by Gasteiger charge is 2.37. The molecule has 2 saturated carbocycles. The van der Waals surface area contributed by atoms with Crippen molar-refractivity contribution >= 4 is 11.9 Å². The smallest absolute Gasteiger partial charge is 0.223 e. The number of carbonyl (C=O) groups is 1. The normalized spacial score (nSPS) is 20.5. The van der Waals surface area contributed by atoms with Crippen molar-refractivity contribution < 1.29 is 4.79 Å². The van der Waals surface area contributed by atoms with E-state index in [9.17, 15) is 4.79 Å². The van der Waals surface area contributed by atoms with Crippen LogP contribution in [0.2, 0.25) is 0 Å². The first-order chi connectivity index (χ1) is 10.5. The van der Waals surface area contributed by atoms with E-state index in [4.69, 9.17) is 0 Å². The molecule has 2 rings (SSSR count). The van der Waals surface area contributed by atoms with Crippen LogP contribution in [0.5, 0.6) is 0 Å². The van der Waals surface area contributed by atoms with Crippen LogP contribution in [0.15, 0.2) is 4.99 Å². The van der Waals surface area contributed by atoms with Crippen LogP contribution in [0.25, 0.3) is 0 Å². The fourth-order valence-corrected chi connectivity index (χ4v) is 3.34. The Balaban J connectivity index is 1.63. The summed E-state index contributed by atoms with van der Waals surface area (Å²) in [4.78, 5) is 15.8. The van der Waals surface area contributed by atoms with Crippen molar-refractivity contribution in [1.82, 2.24) is 16.0 Å². The van der Waals surface area contributed by atoms with Crippen LogP contribution >= 0.6 is 0 Å². The van der Waals surface area contributed by atoms with Gasteiger partial charge in [-0.3, -0.25) is 9.79 Å². The quantitative estimate of drug-likeness (QED) is 0.364. The molecule has 0 unspecified atom stereocenters. The van der Waals surface area contributed by atoms with Crippen molar-refractivity contribution in [3.8, 4) is 0 Å². The third-order valence-electron chi connectivity index (χ3n) is 4.77. The van der Waals surface area contributed by atoms with Crippen molar-refractivity contribution in [2.75, 3.05) is 26.7 Å². The van der Waals surface area contributed by atoms with Crippen LogP contribution < -0.4 is 16.0 Å². The summed E-state index contributed by atoms with van der Waals surface area (Å²) in [6.07, 6.45) is 7.40. The highest BCUT2D eigenvalue weighted by Crippen LogP contribution is 2.45. The average molecular weight is 308 g/mol. The molecule has 1 amide bonds. The predicted molar refractivity (Wildman–Crippen MR) is 90.8 cm³/mol. The molecule has 5 nitrogen and oxygen atoms in total. The topological polar surface area (TPSA) is 65.5 Å². The number of hydrogen-bond acceptors (Lipinski definition) is 2. The number of nitrogens with zero attached hydrogens (tertiary/aromatic N) is 1. The Bertz CT molecular complexity index is 397. The van der Waals surface area contributed by atoms with Gasteiger partial charge in [0.25, 0.3) is 0 Å². The highest BCUT2D eigenvalue weighted by molar-refractivity contribution is 5.81. The zero-order chi connectivity index (χ0) is 16.0. The molecule has 0 aromatic heterocycles. The molecule has 0 spiro atoms. The Morgan fingerprint density at radius 1 is 1.18 bits per heavy atom. The largest absolute Gasteiger partial charge is 0.356 e. The lowest BCUT2D eigenvalue weighted by molar-refractivity contribution is -0.122. The molecule has 2 fully saturated rings. The molecule has 22 heavy (non-hydrogen) atoms. The minimum absolute atomic E-state index is 0.204. The second kappa shape index (κ2) is 7.84. The Labute approximate surface area is 134 Å². The maximum absolute atomic E-state index is 11.5. The van der Waals surface area contributed by atoms with Crippen molar-refractivity contribution in [3.63, 3.8) is 0 Å². The van der Waals surface area contributed by atoms with Crippen molar-refractivity contribution in [3.05, 3.63) is 0 Å². The summed E-state index contributed by atoms with van der Waals surface area (Å²) in [5, 5.41) is 9.71. The fraction of sp³-hybridized carbons (Fsp3) is 0.882. The van der Waals surface area contributed by atoms with Gasteiger partial charge in [-0.2, -0.15) is 0 Å². The molecule has 0 radical (unpaired) electrons. The minimum Gasteiger partial charge on any atom is -0.356 e. The number of rotatable bonds is 8. The predicted octanol–water partition coefficient (Wildman–Crippen LogP) is 1.89. The van der Waals surface area contributed by atoms with Crippen LogP contribution in [0.1, 0.15) is 52.4 Å². The van der Waals surface area contributed by atoms with Crippen molar-refractivity contribution in [2.45, 2.75) is 52.4 Å². The van der Waals surface area contributed by atoms with Gasteiger partial charge in [-0.1, -0.05) is 20.3 Å². The van der Waals surface area contributed by atoms with Gasteiger partial charge in [0, 0.05) is 32.6 Å². The maximum atomic E-state index is 11.5. The van der Waals surface area contributed by atoms with E-state index in [-0.39, 0.29) is 11.8 Å². The molecule has 5 heteroatoms. The standard InChI is InChI=1S/C17H32N4O/c1-13(2)11-17(7-4-8-17)12-21-16(18-3)20-10-9-19-15(22)14-5-6-14/h13-14H,4-12H2,1-3H3,(H,19,22)(H2,18,20,21). The van der Waals surface area contributed by atoms with E-state index in [1.165, 1.54) is 25.7 Å². The summed E-state index contributed by atoms with van der Waals surface area (Å²) < 4.78 is 0. The number of hydrogen-bond donors (Lipinski definition) is 3. The second-order valence-corrected chi connectivity index (χ2v) is 7.37. The number of amides is 1. The van der Waals surface area contributed by atoms with Gasteiger partial charge in [0.15, 0.2) is 5.96 Å². The molecule has 0 aromatic carbocycles. The van der Waals surface area contributed by atoms with E-state index in [0.717, 1.165) is 37.8 Å². The first-order valence-electron chi connectivity index (χ1n) is 8.77. The SMILES string of the molecule is CN=C(NCCNC(=O)C1CC1)NCC1(CC(C)C)CCC1. The molecule has 2 aliphatic rings. The molecule has 0 bridgehead atoms. The van der Waals surface area contributed by atoms with E-state index in [0.29, 0.717) is 12.0 Å². The molecule has 0 aromatic rings. The average Bonchev–Trinajstić information content (AvgIpc) is 3.27. The van der Waals surface area contributed by atoms with Gasteiger partial charge in [0.1, 0.15) is 0 Å². The molecular formula is C17H32N4O. The monoisotopic (exact) mass is 308 g/mol. The highest BCUT2D eigenvalue weighted by atomic mass is 16.2. The van der Waals surface area contributed by atoms with Crippen LogP contribution in [-0.2, 0) is 4.79 Å². The summed E-state index contributed by atoms with van der Waals surface area (Å²) in [6, 6.07) is 0.